The van der Waals surface area contributed by atoms with E-state index in [0.717, 1.165) is 18.4 Å². The molecule has 0 heterocycles. The Bertz CT molecular complexity index is 408. The van der Waals surface area contributed by atoms with Crippen LogP contribution in [0.15, 0.2) is 24.3 Å². The first-order valence-corrected chi connectivity index (χ1v) is 7.03. The lowest BCUT2D eigenvalue weighted by molar-refractivity contribution is -0.00556. The maximum absolute atomic E-state index is 9.14. The van der Waals surface area contributed by atoms with Crippen molar-refractivity contribution in [2.75, 3.05) is 0 Å². The highest BCUT2D eigenvalue weighted by Crippen LogP contribution is 2.36. The van der Waals surface area contributed by atoms with E-state index in [0.29, 0.717) is 23.6 Å². The fraction of sp³-hybridized carbons (Fsp3) is 0.600. The molecule has 0 radical (unpaired) electrons. The molecule has 0 unspecified atom stereocenters. The van der Waals surface area contributed by atoms with E-state index >= 15 is 0 Å². The monoisotopic (exact) mass is 262 g/mol. The van der Waals surface area contributed by atoms with E-state index in [1.54, 1.807) is 12.1 Å². The third-order valence-corrected chi connectivity index (χ3v) is 4.02. The van der Waals surface area contributed by atoms with E-state index in [4.69, 9.17) is 14.8 Å². The van der Waals surface area contributed by atoms with Crippen molar-refractivity contribution in [1.29, 1.82) is 0 Å². The Morgan fingerprint density at radius 3 is 2.58 bits per heavy atom. The second kappa shape index (κ2) is 6.08. The highest BCUT2D eigenvalue weighted by Gasteiger charge is 2.27. The molecule has 0 atom stereocenters. The average Bonchev–Trinajstić information content (AvgIpc) is 2.38. The van der Waals surface area contributed by atoms with Gasteiger partial charge in [-0.15, -0.1) is 0 Å². The Kier molecular flexibility index (Phi) is 4.66. The highest BCUT2D eigenvalue weighted by atomic mass is 16.5. The van der Waals surface area contributed by atoms with Crippen molar-refractivity contribution in [3.8, 4) is 0 Å². The molecule has 0 bridgehead atoms. The standard InChI is InChI=1S/C15H23BO3/c1-15(2)8-6-14(7-9-15)19-11-12-4-3-5-13(10-12)16(17)18/h3-5,10,14,17-18H,6-9,11H2,1-2H3. The first-order valence-electron chi connectivity index (χ1n) is 7.03. The molecule has 3 nitrogen and oxygen atoms in total. The summed E-state index contributed by atoms with van der Waals surface area (Å²) < 4.78 is 5.93. The van der Waals surface area contributed by atoms with E-state index in [9.17, 15) is 0 Å². The largest absolute Gasteiger partial charge is 0.488 e. The van der Waals surface area contributed by atoms with Gasteiger partial charge in [0.15, 0.2) is 0 Å². The molecule has 1 saturated carbocycles. The van der Waals surface area contributed by atoms with Crippen molar-refractivity contribution in [3.05, 3.63) is 29.8 Å². The quantitative estimate of drug-likeness (QED) is 0.814. The summed E-state index contributed by atoms with van der Waals surface area (Å²) in [6.07, 6.45) is 5.01. The van der Waals surface area contributed by atoms with Gasteiger partial charge in [0.25, 0.3) is 0 Å². The number of benzene rings is 1. The lowest BCUT2D eigenvalue weighted by atomic mass is 9.76. The molecule has 1 fully saturated rings. The lowest BCUT2D eigenvalue weighted by Crippen LogP contribution is -2.30. The molecule has 0 aliphatic heterocycles. The molecule has 2 N–H and O–H groups in total. The van der Waals surface area contributed by atoms with Gasteiger partial charge < -0.3 is 14.8 Å². The summed E-state index contributed by atoms with van der Waals surface area (Å²) in [4.78, 5) is 0. The summed E-state index contributed by atoms with van der Waals surface area (Å²) in [5.74, 6) is 0. The van der Waals surface area contributed by atoms with Crippen LogP contribution in [0.3, 0.4) is 0 Å². The molecule has 0 aromatic heterocycles. The molecule has 2 rings (SSSR count). The Hall–Kier alpha value is -0.835. The summed E-state index contributed by atoms with van der Waals surface area (Å²) in [6, 6.07) is 7.28. The zero-order valence-electron chi connectivity index (χ0n) is 11.8. The maximum Gasteiger partial charge on any atom is 0.488 e. The molecule has 4 heteroatoms. The van der Waals surface area contributed by atoms with Gasteiger partial charge in [-0.1, -0.05) is 38.1 Å². The van der Waals surface area contributed by atoms with Crippen molar-refractivity contribution in [2.24, 2.45) is 5.41 Å². The summed E-state index contributed by atoms with van der Waals surface area (Å²) in [5.41, 5.74) is 1.97. The summed E-state index contributed by atoms with van der Waals surface area (Å²) >= 11 is 0. The Morgan fingerprint density at radius 1 is 1.26 bits per heavy atom. The van der Waals surface area contributed by atoms with Gasteiger partial charge in [0.2, 0.25) is 0 Å². The average molecular weight is 262 g/mol. The Balaban J connectivity index is 1.84. The fourth-order valence-corrected chi connectivity index (χ4v) is 2.60. The van der Waals surface area contributed by atoms with E-state index < -0.39 is 7.12 Å². The molecule has 1 aromatic rings. The van der Waals surface area contributed by atoms with Gasteiger partial charge in [-0.3, -0.25) is 0 Å². The topological polar surface area (TPSA) is 49.7 Å². The third-order valence-electron chi connectivity index (χ3n) is 4.02. The lowest BCUT2D eigenvalue weighted by Gasteiger charge is -2.34. The van der Waals surface area contributed by atoms with Crippen LogP contribution in [0, 0.1) is 5.41 Å². The molecular weight excluding hydrogens is 239 g/mol. The van der Waals surface area contributed by atoms with E-state index in [2.05, 4.69) is 13.8 Å². The van der Waals surface area contributed by atoms with Crippen LogP contribution in [0.4, 0.5) is 0 Å². The second-order valence-corrected chi connectivity index (χ2v) is 6.29. The van der Waals surface area contributed by atoms with Gasteiger partial charge in [-0.05, 0) is 42.1 Å². The van der Waals surface area contributed by atoms with Crippen LogP contribution in [0.5, 0.6) is 0 Å². The number of rotatable bonds is 4. The Morgan fingerprint density at radius 2 is 1.95 bits per heavy atom. The van der Waals surface area contributed by atoms with Crippen LogP contribution in [0.2, 0.25) is 0 Å². The van der Waals surface area contributed by atoms with Crippen LogP contribution in [0.25, 0.3) is 0 Å². The van der Waals surface area contributed by atoms with E-state index in [1.165, 1.54) is 12.8 Å². The normalized spacial score (nSPS) is 19.4. The van der Waals surface area contributed by atoms with Crippen molar-refractivity contribution in [1.82, 2.24) is 0 Å². The first kappa shape index (κ1) is 14.6. The van der Waals surface area contributed by atoms with Crippen LogP contribution in [0.1, 0.15) is 45.1 Å². The third kappa shape index (κ3) is 4.34. The van der Waals surface area contributed by atoms with Crippen molar-refractivity contribution >= 4 is 12.6 Å². The molecule has 104 valence electrons. The molecule has 0 amide bonds. The molecule has 0 spiro atoms. The minimum atomic E-state index is -1.41. The summed E-state index contributed by atoms with van der Waals surface area (Å²) in [6.45, 7) is 5.18. The van der Waals surface area contributed by atoms with Crippen LogP contribution in [-0.4, -0.2) is 23.3 Å². The maximum atomic E-state index is 9.14. The molecule has 1 aliphatic rings. The van der Waals surface area contributed by atoms with Crippen LogP contribution >= 0.6 is 0 Å². The fourth-order valence-electron chi connectivity index (χ4n) is 2.60. The molecule has 1 aromatic carbocycles. The molecule has 1 aliphatic carbocycles. The van der Waals surface area contributed by atoms with Gasteiger partial charge in [-0.2, -0.15) is 0 Å². The zero-order chi connectivity index (χ0) is 13.9. The number of ether oxygens (including phenoxy) is 1. The predicted molar refractivity (Wildman–Crippen MR) is 77.1 cm³/mol. The van der Waals surface area contributed by atoms with Gasteiger partial charge >= 0.3 is 7.12 Å². The van der Waals surface area contributed by atoms with Gasteiger partial charge in [0, 0.05) is 0 Å². The van der Waals surface area contributed by atoms with Crippen molar-refractivity contribution in [3.63, 3.8) is 0 Å². The zero-order valence-corrected chi connectivity index (χ0v) is 11.8. The second-order valence-electron chi connectivity index (χ2n) is 6.29. The predicted octanol–water partition coefficient (Wildman–Crippen LogP) is 1.85. The van der Waals surface area contributed by atoms with Gasteiger partial charge in [0.1, 0.15) is 0 Å². The highest BCUT2D eigenvalue weighted by molar-refractivity contribution is 6.58. The molecular formula is C15H23BO3. The minimum Gasteiger partial charge on any atom is -0.423 e. The molecule has 19 heavy (non-hydrogen) atoms. The SMILES string of the molecule is CC1(C)CCC(OCc2cccc(B(O)O)c2)CC1. The van der Waals surface area contributed by atoms with E-state index in [-0.39, 0.29) is 0 Å². The summed E-state index contributed by atoms with van der Waals surface area (Å²) in [5, 5.41) is 18.3. The Labute approximate surface area is 115 Å². The minimum absolute atomic E-state index is 0.343. The molecule has 0 saturated heterocycles. The first-order chi connectivity index (χ1) is 8.96. The summed E-state index contributed by atoms with van der Waals surface area (Å²) in [7, 11) is -1.41. The van der Waals surface area contributed by atoms with Gasteiger partial charge in [0.05, 0.1) is 12.7 Å². The van der Waals surface area contributed by atoms with Crippen LogP contribution < -0.4 is 5.46 Å². The van der Waals surface area contributed by atoms with Gasteiger partial charge in [-0.25, -0.2) is 0 Å². The van der Waals surface area contributed by atoms with Crippen molar-refractivity contribution in [2.45, 2.75) is 52.2 Å². The smallest absolute Gasteiger partial charge is 0.423 e. The number of hydrogen-bond donors (Lipinski definition) is 2. The van der Waals surface area contributed by atoms with Crippen LogP contribution in [-0.2, 0) is 11.3 Å². The van der Waals surface area contributed by atoms with E-state index in [1.807, 2.05) is 12.1 Å². The number of hydrogen-bond acceptors (Lipinski definition) is 3. The van der Waals surface area contributed by atoms with Crippen molar-refractivity contribution < 1.29 is 14.8 Å².